The van der Waals surface area contributed by atoms with Gasteiger partial charge in [-0.25, -0.2) is 4.98 Å². The maximum Gasteiger partial charge on any atom is 0.387 e. The van der Waals surface area contributed by atoms with Crippen molar-refractivity contribution >= 4 is 28.6 Å². The summed E-state index contributed by atoms with van der Waals surface area (Å²) in [6.07, 6.45) is 1.62. The van der Waals surface area contributed by atoms with E-state index in [1.807, 2.05) is 0 Å². The molecule has 0 atom stereocenters. The average molecular weight is 321 g/mol. The molecule has 0 bridgehead atoms. The van der Waals surface area contributed by atoms with Gasteiger partial charge in [-0.3, -0.25) is 0 Å². The average Bonchev–Trinajstić information content (AvgIpc) is 2.83. The summed E-state index contributed by atoms with van der Waals surface area (Å²) in [4.78, 5) is 4.78. The summed E-state index contributed by atoms with van der Waals surface area (Å²) in [5, 5.41) is 3.00. The van der Waals surface area contributed by atoms with Gasteiger partial charge in [0.25, 0.3) is 0 Å². The molecule has 0 unspecified atom stereocenters. The Labute approximate surface area is 123 Å². The number of anilines is 1. The number of thiazole rings is 1. The Hall–Kier alpha value is -1.60. The number of rotatable bonds is 6. The van der Waals surface area contributed by atoms with Gasteiger partial charge in [0.2, 0.25) is 0 Å². The Kier molecular flexibility index (Phi) is 4.97. The number of halogens is 3. The first-order valence-corrected chi connectivity index (χ1v) is 6.75. The molecule has 0 radical (unpaired) electrons. The van der Waals surface area contributed by atoms with Gasteiger partial charge in [-0.2, -0.15) is 8.78 Å². The van der Waals surface area contributed by atoms with Gasteiger partial charge in [-0.1, -0.05) is 11.6 Å². The number of benzene rings is 1. The Bertz CT molecular complexity index is 580. The van der Waals surface area contributed by atoms with Crippen LogP contribution < -0.4 is 14.8 Å². The number of nitrogens with one attached hydrogen (secondary N) is 1. The predicted octanol–water partition coefficient (Wildman–Crippen LogP) is 4.02. The van der Waals surface area contributed by atoms with Crippen molar-refractivity contribution in [3.8, 4) is 11.5 Å². The predicted molar refractivity (Wildman–Crippen MR) is 74.1 cm³/mol. The molecule has 0 aliphatic heterocycles. The highest BCUT2D eigenvalue weighted by atomic mass is 35.5. The van der Waals surface area contributed by atoms with Gasteiger partial charge in [-0.05, 0) is 12.1 Å². The summed E-state index contributed by atoms with van der Waals surface area (Å²) in [6, 6.07) is 4.56. The van der Waals surface area contributed by atoms with E-state index >= 15 is 0 Å². The molecule has 20 heavy (non-hydrogen) atoms. The fourth-order valence-corrected chi connectivity index (χ4v) is 2.44. The highest BCUT2D eigenvalue weighted by molar-refractivity contribution is 7.15. The van der Waals surface area contributed by atoms with Crippen LogP contribution in [0.2, 0.25) is 4.47 Å². The molecule has 0 aliphatic carbocycles. The summed E-state index contributed by atoms with van der Waals surface area (Å²) in [6.45, 7) is -2.49. The first kappa shape index (κ1) is 14.8. The molecule has 4 nitrogen and oxygen atoms in total. The summed E-state index contributed by atoms with van der Waals surface area (Å²) >= 11 is 7.03. The number of ether oxygens (including phenoxy) is 2. The molecule has 8 heteroatoms. The van der Waals surface area contributed by atoms with Crippen molar-refractivity contribution in [2.24, 2.45) is 0 Å². The van der Waals surface area contributed by atoms with Crippen molar-refractivity contribution in [1.82, 2.24) is 4.98 Å². The summed E-state index contributed by atoms with van der Waals surface area (Å²) < 4.78 is 34.6. The molecule has 1 heterocycles. The second kappa shape index (κ2) is 6.71. The van der Waals surface area contributed by atoms with Crippen LogP contribution in [-0.4, -0.2) is 18.7 Å². The molecule has 0 aliphatic rings. The Morgan fingerprint density at radius 3 is 2.85 bits per heavy atom. The fourth-order valence-electron chi connectivity index (χ4n) is 1.52. The number of aromatic nitrogens is 1. The van der Waals surface area contributed by atoms with Crippen LogP contribution in [0.25, 0.3) is 0 Å². The van der Waals surface area contributed by atoms with E-state index in [0.717, 1.165) is 4.88 Å². The zero-order valence-electron chi connectivity index (χ0n) is 10.4. The third-order valence-electron chi connectivity index (χ3n) is 2.38. The van der Waals surface area contributed by atoms with Crippen LogP contribution in [0.3, 0.4) is 0 Å². The van der Waals surface area contributed by atoms with Crippen LogP contribution >= 0.6 is 22.9 Å². The molecule has 1 N–H and O–H groups in total. The van der Waals surface area contributed by atoms with Crippen LogP contribution in [-0.2, 0) is 6.54 Å². The lowest BCUT2D eigenvalue weighted by molar-refractivity contribution is -0.0493. The molecule has 0 saturated carbocycles. The molecule has 2 aromatic rings. The smallest absolute Gasteiger partial charge is 0.387 e. The SMILES string of the molecule is COc1ccc(OC(F)F)c(NCc2cnc(Cl)s2)c1. The fraction of sp³-hybridized carbons (Fsp3) is 0.250. The van der Waals surface area contributed by atoms with Crippen molar-refractivity contribution in [2.75, 3.05) is 12.4 Å². The molecule has 0 spiro atoms. The molecule has 1 aromatic carbocycles. The van der Waals surface area contributed by atoms with Crippen molar-refractivity contribution in [3.63, 3.8) is 0 Å². The zero-order valence-corrected chi connectivity index (χ0v) is 12.0. The zero-order chi connectivity index (χ0) is 14.5. The quantitative estimate of drug-likeness (QED) is 0.873. The number of methoxy groups -OCH3 is 1. The van der Waals surface area contributed by atoms with E-state index in [-0.39, 0.29) is 5.75 Å². The number of hydrogen-bond donors (Lipinski definition) is 1. The lowest BCUT2D eigenvalue weighted by Crippen LogP contribution is -2.06. The minimum Gasteiger partial charge on any atom is -0.497 e. The Balaban J connectivity index is 2.14. The minimum absolute atomic E-state index is 0.0522. The molecule has 0 saturated heterocycles. The van der Waals surface area contributed by atoms with E-state index < -0.39 is 6.61 Å². The van der Waals surface area contributed by atoms with Crippen LogP contribution in [0.4, 0.5) is 14.5 Å². The van der Waals surface area contributed by atoms with E-state index in [4.69, 9.17) is 16.3 Å². The molecule has 0 fully saturated rings. The largest absolute Gasteiger partial charge is 0.497 e. The van der Waals surface area contributed by atoms with Gasteiger partial charge >= 0.3 is 6.61 Å². The highest BCUT2D eigenvalue weighted by Gasteiger charge is 2.11. The molecule has 108 valence electrons. The number of alkyl halides is 2. The third kappa shape index (κ3) is 3.94. The lowest BCUT2D eigenvalue weighted by atomic mass is 10.2. The maximum absolute atomic E-state index is 12.3. The standard InChI is InChI=1S/C12H11ClF2N2O2S/c1-18-7-2-3-10(19-12(14)15)9(4-7)16-5-8-6-17-11(13)20-8/h2-4,6,12,16H,5H2,1H3. The van der Waals surface area contributed by atoms with Crippen LogP contribution in [0, 0.1) is 0 Å². The molecule has 2 rings (SSSR count). The normalized spacial score (nSPS) is 10.7. The van der Waals surface area contributed by atoms with Crippen LogP contribution in [0.1, 0.15) is 4.88 Å². The third-order valence-corrected chi connectivity index (χ3v) is 3.50. The van der Waals surface area contributed by atoms with E-state index in [1.165, 1.54) is 24.5 Å². The van der Waals surface area contributed by atoms with Gasteiger partial charge in [0.05, 0.1) is 19.3 Å². The summed E-state index contributed by atoms with van der Waals surface area (Å²) in [5.74, 6) is 0.591. The van der Waals surface area contributed by atoms with Crippen molar-refractivity contribution in [2.45, 2.75) is 13.2 Å². The lowest BCUT2D eigenvalue weighted by Gasteiger charge is -2.13. The molecule has 0 amide bonds. The first-order valence-electron chi connectivity index (χ1n) is 5.55. The second-order valence-electron chi connectivity index (χ2n) is 3.67. The minimum atomic E-state index is -2.89. The van der Waals surface area contributed by atoms with E-state index in [0.29, 0.717) is 22.4 Å². The van der Waals surface area contributed by atoms with E-state index in [2.05, 4.69) is 15.0 Å². The van der Waals surface area contributed by atoms with Crippen molar-refractivity contribution < 1.29 is 18.3 Å². The second-order valence-corrected chi connectivity index (χ2v) is 5.37. The molecular formula is C12H11ClF2N2O2S. The van der Waals surface area contributed by atoms with Gasteiger partial charge in [0.15, 0.2) is 4.47 Å². The van der Waals surface area contributed by atoms with E-state index in [1.54, 1.807) is 18.3 Å². The summed E-state index contributed by atoms with van der Waals surface area (Å²) in [7, 11) is 1.50. The monoisotopic (exact) mass is 320 g/mol. The molecular weight excluding hydrogens is 310 g/mol. The maximum atomic E-state index is 12.3. The van der Waals surface area contributed by atoms with Crippen molar-refractivity contribution in [3.05, 3.63) is 33.7 Å². The highest BCUT2D eigenvalue weighted by Crippen LogP contribution is 2.31. The first-order chi connectivity index (χ1) is 9.58. The Morgan fingerprint density at radius 2 is 2.25 bits per heavy atom. The number of hydrogen-bond acceptors (Lipinski definition) is 5. The van der Waals surface area contributed by atoms with Crippen LogP contribution in [0.5, 0.6) is 11.5 Å². The van der Waals surface area contributed by atoms with Gasteiger partial charge in [0, 0.05) is 17.1 Å². The van der Waals surface area contributed by atoms with Gasteiger partial charge < -0.3 is 14.8 Å². The van der Waals surface area contributed by atoms with Crippen LogP contribution in [0.15, 0.2) is 24.4 Å². The van der Waals surface area contributed by atoms with Gasteiger partial charge in [0.1, 0.15) is 11.5 Å². The van der Waals surface area contributed by atoms with E-state index in [9.17, 15) is 8.78 Å². The Morgan fingerprint density at radius 1 is 1.45 bits per heavy atom. The topological polar surface area (TPSA) is 43.4 Å². The summed E-state index contributed by atoms with van der Waals surface area (Å²) in [5.41, 5.74) is 0.411. The number of nitrogens with zero attached hydrogens (tertiary/aromatic N) is 1. The van der Waals surface area contributed by atoms with Crippen molar-refractivity contribution in [1.29, 1.82) is 0 Å². The van der Waals surface area contributed by atoms with Gasteiger partial charge in [-0.15, -0.1) is 11.3 Å². The molecule has 1 aromatic heterocycles.